The monoisotopic (exact) mass is 182 g/mol. The van der Waals surface area contributed by atoms with Crippen molar-refractivity contribution in [3.63, 3.8) is 0 Å². The Bertz CT molecular complexity index is 195. The lowest BCUT2D eigenvalue weighted by molar-refractivity contribution is -0.126. The van der Waals surface area contributed by atoms with Gasteiger partial charge in [0, 0.05) is 12.8 Å². The number of carbonyl (C=O) groups excluding carboxylic acids is 1. The Morgan fingerprint density at radius 1 is 1.54 bits per heavy atom. The summed E-state index contributed by atoms with van der Waals surface area (Å²) < 4.78 is 0. The average molecular weight is 182 g/mol. The van der Waals surface area contributed by atoms with E-state index in [2.05, 4.69) is 27.7 Å². The van der Waals surface area contributed by atoms with Gasteiger partial charge in [-0.2, -0.15) is 0 Å². The van der Waals surface area contributed by atoms with Gasteiger partial charge in [-0.25, -0.2) is 0 Å². The quantitative estimate of drug-likeness (QED) is 0.639. The Hall–Kier alpha value is -0.330. The second kappa shape index (κ2) is 3.81. The van der Waals surface area contributed by atoms with Gasteiger partial charge in [-0.1, -0.05) is 34.1 Å². The molecule has 13 heavy (non-hydrogen) atoms. The van der Waals surface area contributed by atoms with Gasteiger partial charge >= 0.3 is 0 Å². The van der Waals surface area contributed by atoms with Crippen LogP contribution in [-0.2, 0) is 4.79 Å². The van der Waals surface area contributed by atoms with Crippen molar-refractivity contribution in [2.24, 2.45) is 17.3 Å². The van der Waals surface area contributed by atoms with Gasteiger partial charge in [-0.3, -0.25) is 4.79 Å². The van der Waals surface area contributed by atoms with E-state index >= 15 is 0 Å². The predicted molar refractivity (Wildman–Crippen MR) is 55.6 cm³/mol. The molecular weight excluding hydrogens is 160 g/mol. The maximum Gasteiger partial charge on any atom is 0.133 e. The second-order valence-electron chi connectivity index (χ2n) is 5.10. The highest BCUT2D eigenvalue weighted by atomic mass is 16.1. The molecule has 0 saturated heterocycles. The van der Waals surface area contributed by atoms with Gasteiger partial charge in [0.2, 0.25) is 0 Å². The summed E-state index contributed by atoms with van der Waals surface area (Å²) in [5.74, 6) is 1.73. The van der Waals surface area contributed by atoms with Gasteiger partial charge in [0.05, 0.1) is 0 Å². The fourth-order valence-electron chi connectivity index (χ4n) is 2.68. The van der Waals surface area contributed by atoms with Crippen molar-refractivity contribution in [2.75, 3.05) is 0 Å². The third-order valence-corrected chi connectivity index (χ3v) is 3.93. The van der Waals surface area contributed by atoms with Crippen LogP contribution in [0.25, 0.3) is 0 Å². The van der Waals surface area contributed by atoms with Gasteiger partial charge in [0.1, 0.15) is 5.78 Å². The number of carbonyl (C=O) groups is 1. The molecule has 1 aliphatic carbocycles. The van der Waals surface area contributed by atoms with E-state index in [0.29, 0.717) is 23.0 Å². The molecule has 1 aliphatic rings. The van der Waals surface area contributed by atoms with E-state index in [1.54, 1.807) is 0 Å². The van der Waals surface area contributed by atoms with Gasteiger partial charge in [0.25, 0.3) is 0 Å². The second-order valence-corrected chi connectivity index (χ2v) is 5.10. The molecule has 0 aliphatic heterocycles. The average Bonchev–Trinajstić information content (AvgIpc) is 2.09. The lowest BCUT2D eigenvalue weighted by atomic mass is 9.62. The van der Waals surface area contributed by atoms with E-state index in [1.165, 1.54) is 6.42 Å². The minimum absolute atomic E-state index is 0.419. The van der Waals surface area contributed by atoms with Crippen LogP contribution in [0.2, 0.25) is 0 Å². The van der Waals surface area contributed by atoms with Crippen LogP contribution in [0, 0.1) is 17.3 Å². The summed E-state index contributed by atoms with van der Waals surface area (Å²) >= 11 is 0. The van der Waals surface area contributed by atoms with E-state index < -0.39 is 0 Å². The highest BCUT2D eigenvalue weighted by Crippen LogP contribution is 2.45. The summed E-state index contributed by atoms with van der Waals surface area (Å²) in [5, 5.41) is 0. The van der Waals surface area contributed by atoms with Crippen molar-refractivity contribution in [2.45, 2.75) is 53.4 Å². The molecule has 1 fully saturated rings. The lowest BCUT2D eigenvalue weighted by Gasteiger charge is -2.42. The molecule has 1 nitrogen and oxygen atoms in total. The highest BCUT2D eigenvalue weighted by Gasteiger charge is 2.39. The summed E-state index contributed by atoms with van der Waals surface area (Å²) in [4.78, 5) is 11.4. The molecule has 0 radical (unpaired) electrons. The van der Waals surface area contributed by atoms with Crippen LogP contribution in [0.1, 0.15) is 53.4 Å². The first-order valence-electron chi connectivity index (χ1n) is 5.51. The van der Waals surface area contributed by atoms with E-state index in [-0.39, 0.29) is 0 Å². The van der Waals surface area contributed by atoms with Crippen molar-refractivity contribution in [1.29, 1.82) is 0 Å². The van der Waals surface area contributed by atoms with E-state index in [1.807, 2.05) is 0 Å². The zero-order valence-electron chi connectivity index (χ0n) is 9.39. The largest absolute Gasteiger partial charge is 0.300 e. The molecule has 1 rings (SSSR count). The summed E-state index contributed by atoms with van der Waals surface area (Å²) in [6.07, 6.45) is 3.95. The Morgan fingerprint density at radius 3 is 2.62 bits per heavy atom. The van der Waals surface area contributed by atoms with E-state index in [9.17, 15) is 4.79 Å². The Balaban J connectivity index is 2.77. The maximum atomic E-state index is 11.4. The normalized spacial score (nSPS) is 35.5. The highest BCUT2D eigenvalue weighted by molar-refractivity contribution is 5.79. The van der Waals surface area contributed by atoms with Gasteiger partial charge in [-0.05, 0) is 23.7 Å². The SMILES string of the molecule is CC[C@]1(C)CCC(=O)C[C@H]1C(C)C. The van der Waals surface area contributed by atoms with Crippen LogP contribution in [0.5, 0.6) is 0 Å². The molecule has 76 valence electrons. The first kappa shape index (κ1) is 10.7. The number of hydrogen-bond donors (Lipinski definition) is 0. The Labute approximate surface area is 81.9 Å². The lowest BCUT2D eigenvalue weighted by Crippen LogP contribution is -2.37. The topological polar surface area (TPSA) is 17.1 Å². The molecule has 1 saturated carbocycles. The van der Waals surface area contributed by atoms with Crippen LogP contribution >= 0.6 is 0 Å². The predicted octanol–water partition coefficient (Wildman–Crippen LogP) is 3.43. The minimum Gasteiger partial charge on any atom is -0.300 e. The first-order valence-corrected chi connectivity index (χ1v) is 5.51. The zero-order valence-corrected chi connectivity index (χ0v) is 9.39. The van der Waals surface area contributed by atoms with Crippen LogP contribution in [0.15, 0.2) is 0 Å². The Morgan fingerprint density at radius 2 is 2.15 bits per heavy atom. The molecular formula is C12H22O. The zero-order chi connectivity index (χ0) is 10.1. The summed E-state index contributed by atoms with van der Waals surface area (Å²) in [6, 6.07) is 0. The number of hydrogen-bond acceptors (Lipinski definition) is 1. The van der Waals surface area contributed by atoms with Crippen molar-refractivity contribution < 1.29 is 4.79 Å². The van der Waals surface area contributed by atoms with Crippen LogP contribution < -0.4 is 0 Å². The van der Waals surface area contributed by atoms with Crippen LogP contribution in [0.3, 0.4) is 0 Å². The molecule has 2 atom stereocenters. The van der Waals surface area contributed by atoms with Crippen molar-refractivity contribution in [1.82, 2.24) is 0 Å². The fourth-order valence-corrected chi connectivity index (χ4v) is 2.68. The van der Waals surface area contributed by atoms with Gasteiger partial charge in [0.15, 0.2) is 0 Å². The van der Waals surface area contributed by atoms with Crippen molar-refractivity contribution in [3.8, 4) is 0 Å². The molecule has 0 unspecified atom stereocenters. The molecule has 0 bridgehead atoms. The van der Waals surface area contributed by atoms with Crippen LogP contribution in [-0.4, -0.2) is 5.78 Å². The van der Waals surface area contributed by atoms with E-state index in [4.69, 9.17) is 0 Å². The third kappa shape index (κ3) is 2.12. The Kier molecular flexibility index (Phi) is 3.15. The molecule has 0 aromatic heterocycles. The molecule has 0 aromatic rings. The van der Waals surface area contributed by atoms with Crippen molar-refractivity contribution in [3.05, 3.63) is 0 Å². The van der Waals surface area contributed by atoms with Crippen molar-refractivity contribution >= 4 is 5.78 Å². The molecule has 0 aromatic carbocycles. The molecule has 0 spiro atoms. The number of ketones is 1. The van der Waals surface area contributed by atoms with E-state index in [0.717, 1.165) is 19.3 Å². The summed E-state index contributed by atoms with van der Waals surface area (Å²) in [6.45, 7) is 9.10. The third-order valence-electron chi connectivity index (χ3n) is 3.93. The summed E-state index contributed by atoms with van der Waals surface area (Å²) in [5.41, 5.74) is 0.419. The molecule has 0 heterocycles. The van der Waals surface area contributed by atoms with Gasteiger partial charge < -0.3 is 0 Å². The molecule has 1 heteroatoms. The maximum absolute atomic E-state index is 11.4. The number of Topliss-reactive ketones (excluding diaryl/α,β-unsaturated/α-hetero) is 1. The first-order chi connectivity index (χ1) is 5.99. The molecule has 0 N–H and O–H groups in total. The summed E-state index contributed by atoms with van der Waals surface area (Å²) in [7, 11) is 0. The molecule has 0 amide bonds. The van der Waals surface area contributed by atoms with Crippen LogP contribution in [0.4, 0.5) is 0 Å². The smallest absolute Gasteiger partial charge is 0.133 e. The fraction of sp³-hybridized carbons (Fsp3) is 0.917. The minimum atomic E-state index is 0.419. The standard InChI is InChI=1S/C12H22O/c1-5-12(4)7-6-10(13)8-11(12)9(2)3/h9,11H,5-8H2,1-4H3/t11-,12+/m0/s1. The van der Waals surface area contributed by atoms with Gasteiger partial charge in [-0.15, -0.1) is 0 Å². The number of rotatable bonds is 2.